The summed E-state index contributed by atoms with van der Waals surface area (Å²) in [6.45, 7) is 0. The smallest absolute Gasteiger partial charge is 0.196 e. The zero-order valence-electron chi connectivity index (χ0n) is 6.00. The Morgan fingerprint density at radius 2 is 1.92 bits per heavy atom. The molecule has 0 atom stereocenters. The third-order valence-corrected chi connectivity index (χ3v) is 1.56. The first-order valence-electron chi connectivity index (χ1n) is 3.19. The predicted octanol–water partition coefficient (Wildman–Crippen LogP) is 1.09. The molecule has 0 unspecified atom stereocenters. The van der Waals surface area contributed by atoms with Crippen molar-refractivity contribution < 1.29 is 18.4 Å². The SMILES string of the molecule is On1nnc2c(F)c(F)c(F)cc21. The van der Waals surface area contributed by atoms with Crippen LogP contribution in [0.1, 0.15) is 0 Å². The van der Waals surface area contributed by atoms with E-state index in [0.29, 0.717) is 6.07 Å². The van der Waals surface area contributed by atoms with Crippen molar-refractivity contribution in [1.82, 2.24) is 15.2 Å². The molecule has 7 heteroatoms. The molecule has 0 saturated carbocycles. The van der Waals surface area contributed by atoms with Crippen molar-refractivity contribution in [2.45, 2.75) is 0 Å². The Morgan fingerprint density at radius 1 is 1.23 bits per heavy atom. The Bertz CT molecular complexity index is 481. The lowest BCUT2D eigenvalue weighted by Crippen LogP contribution is -1.95. The summed E-state index contributed by atoms with van der Waals surface area (Å²) in [5.41, 5.74) is -0.835. The van der Waals surface area contributed by atoms with Crippen LogP contribution < -0.4 is 0 Å². The van der Waals surface area contributed by atoms with Gasteiger partial charge in [0.2, 0.25) is 0 Å². The van der Waals surface area contributed by atoms with E-state index in [1.807, 2.05) is 0 Å². The minimum atomic E-state index is -1.63. The van der Waals surface area contributed by atoms with Crippen molar-refractivity contribution in [3.8, 4) is 0 Å². The lowest BCUT2D eigenvalue weighted by atomic mass is 10.3. The number of hydrogen-bond acceptors (Lipinski definition) is 3. The molecule has 0 fully saturated rings. The van der Waals surface area contributed by atoms with E-state index >= 15 is 0 Å². The molecule has 2 rings (SSSR count). The van der Waals surface area contributed by atoms with Crippen LogP contribution in [0.15, 0.2) is 6.07 Å². The molecule has 2 aromatic rings. The maximum absolute atomic E-state index is 12.8. The molecule has 0 aliphatic heterocycles. The second kappa shape index (κ2) is 2.35. The van der Waals surface area contributed by atoms with E-state index in [1.54, 1.807) is 0 Å². The summed E-state index contributed by atoms with van der Waals surface area (Å²) in [7, 11) is 0. The normalized spacial score (nSPS) is 11.0. The third-order valence-electron chi connectivity index (χ3n) is 1.56. The molecule has 0 amide bonds. The maximum atomic E-state index is 12.8. The molecule has 1 N–H and O–H groups in total. The van der Waals surface area contributed by atoms with Crippen molar-refractivity contribution in [2.75, 3.05) is 0 Å². The first kappa shape index (κ1) is 7.84. The van der Waals surface area contributed by atoms with Gasteiger partial charge in [0.25, 0.3) is 0 Å². The van der Waals surface area contributed by atoms with E-state index in [4.69, 9.17) is 5.21 Å². The van der Waals surface area contributed by atoms with Gasteiger partial charge in [0.1, 0.15) is 5.52 Å². The highest BCUT2D eigenvalue weighted by Gasteiger charge is 2.17. The topological polar surface area (TPSA) is 50.9 Å². The molecule has 4 nitrogen and oxygen atoms in total. The summed E-state index contributed by atoms with van der Waals surface area (Å²) >= 11 is 0. The van der Waals surface area contributed by atoms with Crippen LogP contribution in [0.3, 0.4) is 0 Å². The van der Waals surface area contributed by atoms with E-state index in [2.05, 4.69) is 10.3 Å². The first-order chi connectivity index (χ1) is 6.11. The molecule has 1 aromatic heterocycles. The molecule has 0 spiro atoms. The molecular weight excluding hydrogens is 187 g/mol. The van der Waals surface area contributed by atoms with Gasteiger partial charge < -0.3 is 5.21 Å². The highest BCUT2D eigenvalue weighted by Crippen LogP contribution is 2.19. The number of halogens is 3. The number of nitrogens with zero attached hydrogens (tertiary/aromatic N) is 3. The Labute approximate surface area is 69.2 Å². The van der Waals surface area contributed by atoms with Crippen LogP contribution in [0.4, 0.5) is 13.2 Å². The van der Waals surface area contributed by atoms with E-state index in [9.17, 15) is 13.2 Å². The summed E-state index contributed by atoms with van der Waals surface area (Å²) in [6, 6.07) is 0.605. The fourth-order valence-electron chi connectivity index (χ4n) is 0.956. The zero-order chi connectivity index (χ0) is 9.59. The van der Waals surface area contributed by atoms with Crippen LogP contribution in [0, 0.1) is 17.5 Å². The number of aromatic nitrogens is 3. The molecule has 1 aromatic carbocycles. The van der Waals surface area contributed by atoms with Crippen LogP contribution in [-0.4, -0.2) is 20.4 Å². The van der Waals surface area contributed by atoms with Crippen LogP contribution in [-0.2, 0) is 0 Å². The number of fused-ring (bicyclic) bond motifs is 1. The van der Waals surface area contributed by atoms with Gasteiger partial charge in [0.15, 0.2) is 23.0 Å². The van der Waals surface area contributed by atoms with Gasteiger partial charge in [-0.2, -0.15) is 0 Å². The highest BCUT2D eigenvalue weighted by atomic mass is 19.2. The van der Waals surface area contributed by atoms with E-state index in [0.717, 1.165) is 0 Å². The zero-order valence-corrected chi connectivity index (χ0v) is 6.00. The lowest BCUT2D eigenvalue weighted by Gasteiger charge is -1.95. The third kappa shape index (κ3) is 0.930. The van der Waals surface area contributed by atoms with Crippen LogP contribution in [0.25, 0.3) is 11.0 Å². The first-order valence-corrected chi connectivity index (χ1v) is 3.19. The van der Waals surface area contributed by atoms with Gasteiger partial charge in [-0.05, 0) is 5.21 Å². The second-order valence-electron chi connectivity index (χ2n) is 2.33. The Balaban J connectivity index is 2.96. The van der Waals surface area contributed by atoms with E-state index in [-0.39, 0.29) is 10.4 Å². The fourth-order valence-corrected chi connectivity index (χ4v) is 0.956. The van der Waals surface area contributed by atoms with E-state index in [1.165, 1.54) is 0 Å². The van der Waals surface area contributed by atoms with Crippen molar-refractivity contribution >= 4 is 11.0 Å². The summed E-state index contributed by atoms with van der Waals surface area (Å²) < 4.78 is 38.0. The summed E-state index contributed by atoms with van der Waals surface area (Å²) in [5, 5.41) is 14.9. The molecule has 1 heterocycles. The molecule has 0 radical (unpaired) electrons. The molecule has 0 aliphatic rings. The molecule has 0 bridgehead atoms. The Kier molecular flexibility index (Phi) is 1.42. The largest absolute Gasteiger partial charge is 0.410 e. The summed E-state index contributed by atoms with van der Waals surface area (Å²) in [5.74, 6) is -4.49. The van der Waals surface area contributed by atoms with Crippen LogP contribution >= 0.6 is 0 Å². The van der Waals surface area contributed by atoms with Gasteiger partial charge in [-0.3, -0.25) is 0 Å². The molecule has 0 aliphatic carbocycles. The lowest BCUT2D eigenvalue weighted by molar-refractivity contribution is 0.154. The average molecular weight is 189 g/mol. The Morgan fingerprint density at radius 3 is 2.62 bits per heavy atom. The van der Waals surface area contributed by atoms with Crippen LogP contribution in [0.2, 0.25) is 0 Å². The van der Waals surface area contributed by atoms with E-state index < -0.39 is 23.0 Å². The van der Waals surface area contributed by atoms with Crippen molar-refractivity contribution in [1.29, 1.82) is 0 Å². The maximum Gasteiger partial charge on any atom is 0.196 e. The van der Waals surface area contributed by atoms with Gasteiger partial charge in [0.05, 0.1) is 0 Å². The van der Waals surface area contributed by atoms with Gasteiger partial charge in [-0.25, -0.2) is 13.2 Å². The van der Waals surface area contributed by atoms with Gasteiger partial charge >= 0.3 is 0 Å². The van der Waals surface area contributed by atoms with Crippen molar-refractivity contribution in [3.05, 3.63) is 23.5 Å². The average Bonchev–Trinajstić information content (AvgIpc) is 2.45. The molecule has 68 valence electrons. The minimum Gasteiger partial charge on any atom is -0.410 e. The van der Waals surface area contributed by atoms with Crippen molar-refractivity contribution in [2.24, 2.45) is 0 Å². The number of rotatable bonds is 0. The van der Waals surface area contributed by atoms with Gasteiger partial charge in [0, 0.05) is 6.07 Å². The Hall–Kier alpha value is -1.79. The summed E-state index contributed by atoms with van der Waals surface area (Å²) in [6.07, 6.45) is 0. The fraction of sp³-hybridized carbons (Fsp3) is 0. The second-order valence-corrected chi connectivity index (χ2v) is 2.33. The van der Waals surface area contributed by atoms with Crippen molar-refractivity contribution in [3.63, 3.8) is 0 Å². The molecular formula is C6H2F3N3O. The predicted molar refractivity (Wildman–Crippen MR) is 34.6 cm³/mol. The standard InChI is InChI=1S/C6H2F3N3O/c7-2-1-3-6(5(9)4(2)8)10-11-12(3)13/h1,13H. The highest BCUT2D eigenvalue weighted by molar-refractivity contribution is 5.74. The summed E-state index contributed by atoms with van der Waals surface area (Å²) in [4.78, 5) is 0.168. The monoisotopic (exact) mass is 189 g/mol. The van der Waals surface area contributed by atoms with Gasteiger partial charge in [-0.1, -0.05) is 4.85 Å². The number of hydrogen-bond donors (Lipinski definition) is 1. The quantitative estimate of drug-likeness (QED) is 0.498. The molecule has 13 heavy (non-hydrogen) atoms. The van der Waals surface area contributed by atoms with Crippen LogP contribution in [0.5, 0.6) is 0 Å². The molecule has 0 saturated heterocycles. The minimum absolute atomic E-state index is 0.168. The van der Waals surface area contributed by atoms with Gasteiger partial charge in [-0.15, -0.1) is 5.10 Å². The number of benzene rings is 1.